The van der Waals surface area contributed by atoms with E-state index in [0.717, 1.165) is 30.1 Å². The van der Waals surface area contributed by atoms with E-state index in [1.807, 2.05) is 0 Å². The van der Waals surface area contributed by atoms with Gasteiger partial charge in [0.05, 0.1) is 15.5 Å². The van der Waals surface area contributed by atoms with E-state index in [-0.39, 0.29) is 16.5 Å². The highest BCUT2D eigenvalue weighted by atomic mass is 35.5. The normalized spacial score (nSPS) is 23.1. The van der Waals surface area contributed by atoms with Crippen LogP contribution in [0.4, 0.5) is 4.39 Å². The number of ether oxygens (including phenoxy) is 1. The Labute approximate surface area is 127 Å². The van der Waals surface area contributed by atoms with Crippen LogP contribution in [-0.4, -0.2) is 39.2 Å². The average molecular weight is 340 g/mol. The van der Waals surface area contributed by atoms with E-state index in [9.17, 15) is 12.8 Å². The first kappa shape index (κ1) is 16.0. The monoisotopic (exact) mass is 339 g/mol. The number of methoxy groups -OCH3 is 1. The molecule has 0 spiro atoms. The van der Waals surface area contributed by atoms with Gasteiger partial charge in [0, 0.05) is 19.4 Å². The Morgan fingerprint density at radius 1 is 1.55 bits per heavy atom. The molecule has 2 rings (SSSR count). The van der Waals surface area contributed by atoms with E-state index in [4.69, 9.17) is 16.3 Å². The van der Waals surface area contributed by atoms with Gasteiger partial charge in [-0.1, -0.05) is 11.6 Å². The molecule has 1 aliphatic rings. The number of rotatable bonds is 5. The van der Waals surface area contributed by atoms with Gasteiger partial charge in [-0.2, -0.15) is 11.8 Å². The highest BCUT2D eigenvalue weighted by molar-refractivity contribution is 7.99. The third-order valence-corrected chi connectivity index (χ3v) is 6.20. The molecule has 0 bridgehead atoms. The van der Waals surface area contributed by atoms with Gasteiger partial charge in [-0.3, -0.25) is 0 Å². The van der Waals surface area contributed by atoms with E-state index in [1.165, 1.54) is 6.07 Å². The van der Waals surface area contributed by atoms with Crippen LogP contribution in [0, 0.1) is 5.82 Å². The molecule has 20 heavy (non-hydrogen) atoms. The molecule has 0 unspecified atom stereocenters. The van der Waals surface area contributed by atoms with Gasteiger partial charge in [0.2, 0.25) is 10.0 Å². The Bertz CT molecular complexity index is 588. The summed E-state index contributed by atoms with van der Waals surface area (Å²) < 4.78 is 45.3. The lowest BCUT2D eigenvalue weighted by Crippen LogP contribution is -2.44. The lowest BCUT2D eigenvalue weighted by Gasteiger charge is -2.26. The minimum atomic E-state index is -3.73. The number of nitrogens with one attached hydrogen (secondary N) is 1. The summed E-state index contributed by atoms with van der Waals surface area (Å²) >= 11 is 7.33. The summed E-state index contributed by atoms with van der Waals surface area (Å²) in [7, 11) is -2.15. The zero-order valence-corrected chi connectivity index (χ0v) is 13.2. The van der Waals surface area contributed by atoms with Gasteiger partial charge in [-0.05, 0) is 30.4 Å². The molecule has 1 atom stereocenters. The molecule has 1 N–H and O–H groups in total. The Morgan fingerprint density at radius 2 is 2.30 bits per heavy atom. The second kappa shape index (κ2) is 6.19. The van der Waals surface area contributed by atoms with Crippen molar-refractivity contribution in [2.75, 3.05) is 25.2 Å². The second-order valence-electron chi connectivity index (χ2n) is 4.59. The van der Waals surface area contributed by atoms with Gasteiger partial charge >= 0.3 is 0 Å². The Morgan fingerprint density at radius 3 is 2.85 bits per heavy atom. The largest absolute Gasteiger partial charge is 0.376 e. The van der Waals surface area contributed by atoms with Gasteiger partial charge in [0.25, 0.3) is 0 Å². The zero-order valence-electron chi connectivity index (χ0n) is 10.9. The molecule has 1 aromatic carbocycles. The Kier molecular flexibility index (Phi) is 4.96. The third-order valence-electron chi connectivity index (χ3n) is 3.29. The maximum atomic E-state index is 13.1. The van der Waals surface area contributed by atoms with Crippen molar-refractivity contribution >= 4 is 33.4 Å². The number of thioether (sulfide) groups is 1. The molecule has 0 aliphatic carbocycles. The predicted octanol–water partition coefficient (Wildman–Crippen LogP) is 2.28. The maximum Gasteiger partial charge on any atom is 0.240 e. The third kappa shape index (κ3) is 3.46. The summed E-state index contributed by atoms with van der Waals surface area (Å²) in [6.07, 6.45) is 0.793. The smallest absolute Gasteiger partial charge is 0.240 e. The predicted molar refractivity (Wildman–Crippen MR) is 78.3 cm³/mol. The number of hydrogen-bond donors (Lipinski definition) is 1. The summed E-state index contributed by atoms with van der Waals surface area (Å²) in [5.74, 6) is 1.04. The summed E-state index contributed by atoms with van der Waals surface area (Å²) in [4.78, 5) is -0.0548. The van der Waals surface area contributed by atoms with Crippen LogP contribution in [0.25, 0.3) is 0 Å². The van der Waals surface area contributed by atoms with E-state index in [2.05, 4.69) is 4.72 Å². The van der Waals surface area contributed by atoms with Crippen LogP contribution in [-0.2, 0) is 14.8 Å². The van der Waals surface area contributed by atoms with Crippen LogP contribution in [0.1, 0.15) is 6.42 Å². The molecule has 0 saturated carbocycles. The fourth-order valence-electron chi connectivity index (χ4n) is 1.91. The molecular weight excluding hydrogens is 325 g/mol. The van der Waals surface area contributed by atoms with Gasteiger partial charge in [-0.15, -0.1) is 0 Å². The van der Waals surface area contributed by atoms with Crippen LogP contribution >= 0.6 is 23.4 Å². The van der Waals surface area contributed by atoms with Crippen molar-refractivity contribution in [3.63, 3.8) is 0 Å². The Balaban J connectivity index is 2.13. The molecule has 0 radical (unpaired) electrons. The minimum absolute atomic E-state index is 0.0548. The highest BCUT2D eigenvalue weighted by Gasteiger charge is 2.35. The quantitative estimate of drug-likeness (QED) is 0.894. The molecule has 0 amide bonds. The molecule has 1 aliphatic heterocycles. The lowest BCUT2D eigenvalue weighted by atomic mass is 10.0. The summed E-state index contributed by atoms with van der Waals surface area (Å²) in [5.41, 5.74) is -0.471. The first-order valence-electron chi connectivity index (χ1n) is 5.96. The molecule has 8 heteroatoms. The Hall–Kier alpha value is -0.340. The van der Waals surface area contributed by atoms with Gasteiger partial charge in [0.15, 0.2) is 0 Å². The molecule has 1 saturated heterocycles. The molecule has 1 aromatic rings. The van der Waals surface area contributed by atoms with Gasteiger partial charge in [0.1, 0.15) is 5.82 Å². The van der Waals surface area contributed by atoms with Crippen molar-refractivity contribution in [2.45, 2.75) is 16.9 Å². The van der Waals surface area contributed by atoms with Crippen molar-refractivity contribution < 1.29 is 17.5 Å². The molecule has 1 heterocycles. The standard InChI is InChI=1S/C12H15ClFNO3S2/c1-18-12(4-5-19-8-12)7-15-20(16,17)9-2-3-11(14)10(13)6-9/h2-3,6,15H,4-5,7-8H2,1H3/t12-/m0/s1. The summed E-state index contributed by atoms with van der Waals surface area (Å²) in [5, 5.41) is -0.217. The van der Waals surface area contributed by atoms with E-state index >= 15 is 0 Å². The van der Waals surface area contributed by atoms with Crippen molar-refractivity contribution in [3.8, 4) is 0 Å². The SMILES string of the molecule is CO[C@]1(CNS(=O)(=O)c2ccc(F)c(Cl)c2)CCSC1. The summed E-state index contributed by atoms with van der Waals surface area (Å²) in [6, 6.07) is 3.32. The fraction of sp³-hybridized carbons (Fsp3) is 0.500. The van der Waals surface area contributed by atoms with Crippen molar-refractivity contribution in [1.82, 2.24) is 4.72 Å². The van der Waals surface area contributed by atoms with Gasteiger partial charge < -0.3 is 4.74 Å². The molecule has 4 nitrogen and oxygen atoms in total. The average Bonchev–Trinajstić information content (AvgIpc) is 2.89. The first-order chi connectivity index (χ1) is 9.38. The van der Waals surface area contributed by atoms with Gasteiger partial charge in [-0.25, -0.2) is 17.5 Å². The minimum Gasteiger partial charge on any atom is -0.376 e. The first-order valence-corrected chi connectivity index (χ1v) is 8.98. The van der Waals surface area contributed by atoms with Crippen LogP contribution in [0.2, 0.25) is 5.02 Å². The van der Waals surface area contributed by atoms with Crippen LogP contribution in [0.5, 0.6) is 0 Å². The number of halogens is 2. The van der Waals surface area contributed by atoms with E-state index < -0.39 is 21.4 Å². The topological polar surface area (TPSA) is 55.4 Å². The molecule has 1 fully saturated rings. The van der Waals surface area contributed by atoms with Crippen molar-refractivity contribution in [2.24, 2.45) is 0 Å². The van der Waals surface area contributed by atoms with E-state index in [1.54, 1.807) is 18.9 Å². The highest BCUT2D eigenvalue weighted by Crippen LogP contribution is 2.30. The second-order valence-corrected chi connectivity index (χ2v) is 7.87. The van der Waals surface area contributed by atoms with E-state index in [0.29, 0.717) is 0 Å². The molecule has 112 valence electrons. The number of hydrogen-bond acceptors (Lipinski definition) is 4. The lowest BCUT2D eigenvalue weighted by molar-refractivity contribution is 0.0179. The van der Waals surface area contributed by atoms with Crippen molar-refractivity contribution in [1.29, 1.82) is 0 Å². The van der Waals surface area contributed by atoms with Crippen LogP contribution in [0.15, 0.2) is 23.1 Å². The molecule has 0 aromatic heterocycles. The number of sulfonamides is 1. The maximum absolute atomic E-state index is 13.1. The van der Waals surface area contributed by atoms with Crippen LogP contribution < -0.4 is 4.72 Å². The van der Waals surface area contributed by atoms with Crippen molar-refractivity contribution in [3.05, 3.63) is 29.0 Å². The van der Waals surface area contributed by atoms with Crippen LogP contribution in [0.3, 0.4) is 0 Å². The summed E-state index contributed by atoms with van der Waals surface area (Å²) in [6.45, 7) is 0.188. The number of benzene rings is 1. The molecular formula is C12H15ClFNO3S2. The zero-order chi connectivity index (χ0) is 14.8. The fourth-order valence-corrected chi connectivity index (χ4v) is 4.70.